The van der Waals surface area contributed by atoms with Gasteiger partial charge in [-0.05, 0) is 50.8 Å². The van der Waals surface area contributed by atoms with Crippen LogP contribution in [-0.4, -0.2) is 34.8 Å². The Balaban J connectivity index is 0.00000161. The van der Waals surface area contributed by atoms with Crippen molar-refractivity contribution in [2.75, 3.05) is 13.1 Å². The van der Waals surface area contributed by atoms with Gasteiger partial charge in [-0.1, -0.05) is 13.3 Å². The number of amides is 1. The third-order valence-corrected chi connectivity index (χ3v) is 4.69. The normalized spacial score (nSPS) is 26.7. The van der Waals surface area contributed by atoms with E-state index in [9.17, 15) is 4.79 Å². The summed E-state index contributed by atoms with van der Waals surface area (Å²) in [5.41, 5.74) is -0.492. The number of aromatic nitrogens is 2. The molecule has 1 aromatic rings. The fraction of sp³-hybridized carbons (Fsp3) is 0.733. The Hall–Kier alpha value is -1.07. The largest absolute Gasteiger partial charge is 0.351 e. The summed E-state index contributed by atoms with van der Waals surface area (Å²) in [4.78, 5) is 12.8. The lowest BCUT2D eigenvalue weighted by atomic mass is 9.87. The molecule has 1 aliphatic heterocycles. The zero-order valence-electron chi connectivity index (χ0n) is 12.5. The molecule has 1 saturated carbocycles. The predicted molar refractivity (Wildman–Crippen MR) is 84.5 cm³/mol. The van der Waals surface area contributed by atoms with E-state index in [0.717, 1.165) is 32.4 Å². The van der Waals surface area contributed by atoms with Crippen LogP contribution in [0.25, 0.3) is 0 Å². The van der Waals surface area contributed by atoms with E-state index in [1.165, 1.54) is 12.8 Å². The fourth-order valence-corrected chi connectivity index (χ4v) is 3.34. The molecule has 2 unspecified atom stereocenters. The van der Waals surface area contributed by atoms with Crippen LogP contribution in [0.15, 0.2) is 18.5 Å². The van der Waals surface area contributed by atoms with E-state index in [0.29, 0.717) is 12.0 Å². The second-order valence-electron chi connectivity index (χ2n) is 6.10. The monoisotopic (exact) mass is 312 g/mol. The summed E-state index contributed by atoms with van der Waals surface area (Å²) < 4.78 is 1.86. The number of nitrogens with zero attached hydrogens (tertiary/aromatic N) is 2. The second kappa shape index (κ2) is 6.79. The lowest BCUT2D eigenvalue weighted by Crippen LogP contribution is -2.55. The number of rotatable bonds is 5. The van der Waals surface area contributed by atoms with Gasteiger partial charge in [0, 0.05) is 18.4 Å². The second-order valence-corrected chi connectivity index (χ2v) is 6.10. The minimum absolute atomic E-state index is 0. The first kappa shape index (κ1) is 16.3. The van der Waals surface area contributed by atoms with E-state index in [4.69, 9.17) is 0 Å². The summed E-state index contributed by atoms with van der Waals surface area (Å²) in [6.45, 7) is 3.95. The molecule has 3 rings (SSSR count). The summed E-state index contributed by atoms with van der Waals surface area (Å²) in [5, 5.41) is 10.9. The molecule has 0 aromatic carbocycles. The van der Waals surface area contributed by atoms with Crippen molar-refractivity contribution in [3.8, 4) is 0 Å². The first-order chi connectivity index (χ1) is 9.76. The molecule has 2 N–H and O–H groups in total. The number of carbonyl (C=O) groups is 1. The van der Waals surface area contributed by atoms with Crippen molar-refractivity contribution >= 4 is 18.3 Å². The van der Waals surface area contributed by atoms with Crippen LogP contribution in [0.2, 0.25) is 0 Å². The Morgan fingerprint density at radius 2 is 2.24 bits per heavy atom. The first-order valence-electron chi connectivity index (χ1n) is 7.78. The highest BCUT2D eigenvalue weighted by Crippen LogP contribution is 2.36. The van der Waals surface area contributed by atoms with Crippen LogP contribution in [0, 0.1) is 5.92 Å². The standard InChI is InChI=1S/C15H24N4O.ClH/c1-2-4-12-11-13(12)18-14(20)15(5-8-16-9-6-15)19-10-3-7-17-19;/h3,7,10,12-13,16H,2,4-6,8-9,11H2,1H3,(H,18,20);1H. The lowest BCUT2D eigenvalue weighted by molar-refractivity contribution is -0.132. The predicted octanol–water partition coefficient (Wildman–Crippen LogP) is 1.69. The topological polar surface area (TPSA) is 59.0 Å². The molecule has 2 fully saturated rings. The molecule has 118 valence electrons. The van der Waals surface area contributed by atoms with Crippen LogP contribution in [0.5, 0.6) is 0 Å². The Morgan fingerprint density at radius 3 is 2.86 bits per heavy atom. The molecule has 6 heteroatoms. The third kappa shape index (κ3) is 3.24. The van der Waals surface area contributed by atoms with Gasteiger partial charge in [-0.25, -0.2) is 0 Å². The van der Waals surface area contributed by atoms with Crippen molar-refractivity contribution in [2.24, 2.45) is 5.92 Å². The molecule has 2 heterocycles. The van der Waals surface area contributed by atoms with Gasteiger partial charge in [-0.3, -0.25) is 9.48 Å². The van der Waals surface area contributed by atoms with Crippen LogP contribution < -0.4 is 10.6 Å². The van der Waals surface area contributed by atoms with Gasteiger partial charge in [0.25, 0.3) is 0 Å². The van der Waals surface area contributed by atoms with Crippen LogP contribution in [0.1, 0.15) is 39.0 Å². The highest BCUT2D eigenvalue weighted by atomic mass is 35.5. The first-order valence-corrected chi connectivity index (χ1v) is 7.78. The van der Waals surface area contributed by atoms with E-state index in [1.807, 2.05) is 16.9 Å². The van der Waals surface area contributed by atoms with Crippen molar-refractivity contribution < 1.29 is 4.79 Å². The molecule has 1 saturated heterocycles. The van der Waals surface area contributed by atoms with Crippen molar-refractivity contribution in [3.05, 3.63) is 18.5 Å². The van der Waals surface area contributed by atoms with Crippen LogP contribution in [-0.2, 0) is 10.3 Å². The molecule has 1 aromatic heterocycles. The average molecular weight is 313 g/mol. The number of hydrogen-bond donors (Lipinski definition) is 2. The highest BCUT2D eigenvalue weighted by Gasteiger charge is 2.46. The van der Waals surface area contributed by atoms with E-state index in [2.05, 4.69) is 22.7 Å². The van der Waals surface area contributed by atoms with E-state index in [-0.39, 0.29) is 18.3 Å². The molecule has 0 spiro atoms. The van der Waals surface area contributed by atoms with Crippen molar-refractivity contribution in [2.45, 2.75) is 50.6 Å². The zero-order valence-corrected chi connectivity index (χ0v) is 13.4. The minimum Gasteiger partial charge on any atom is -0.351 e. The Morgan fingerprint density at radius 1 is 1.48 bits per heavy atom. The van der Waals surface area contributed by atoms with Gasteiger partial charge in [-0.2, -0.15) is 5.10 Å². The van der Waals surface area contributed by atoms with Crippen molar-refractivity contribution in [1.29, 1.82) is 0 Å². The fourth-order valence-electron chi connectivity index (χ4n) is 3.34. The van der Waals surface area contributed by atoms with E-state index < -0.39 is 5.54 Å². The Bertz CT molecular complexity index is 456. The summed E-state index contributed by atoms with van der Waals surface area (Å²) >= 11 is 0. The molecule has 2 aliphatic rings. The number of hydrogen-bond acceptors (Lipinski definition) is 3. The Labute approximate surface area is 132 Å². The molecule has 2 atom stereocenters. The average Bonchev–Trinajstić information content (AvgIpc) is 2.98. The van der Waals surface area contributed by atoms with Gasteiger partial charge >= 0.3 is 0 Å². The molecule has 1 aliphatic carbocycles. The quantitative estimate of drug-likeness (QED) is 0.870. The van der Waals surface area contributed by atoms with Gasteiger partial charge in [0.05, 0.1) is 0 Å². The molecular formula is C15H25ClN4O. The smallest absolute Gasteiger partial charge is 0.248 e. The van der Waals surface area contributed by atoms with Crippen molar-refractivity contribution in [3.63, 3.8) is 0 Å². The molecule has 5 nitrogen and oxygen atoms in total. The minimum atomic E-state index is -0.492. The molecule has 0 bridgehead atoms. The zero-order chi connectivity index (χ0) is 14.0. The maximum Gasteiger partial charge on any atom is 0.248 e. The summed E-state index contributed by atoms with van der Waals surface area (Å²) in [5.74, 6) is 0.853. The summed E-state index contributed by atoms with van der Waals surface area (Å²) in [6, 6.07) is 2.29. The highest BCUT2D eigenvalue weighted by molar-refractivity contribution is 5.85. The van der Waals surface area contributed by atoms with Gasteiger partial charge in [0.15, 0.2) is 0 Å². The van der Waals surface area contributed by atoms with Crippen LogP contribution in [0.4, 0.5) is 0 Å². The Kier molecular flexibility index (Phi) is 5.27. The van der Waals surface area contributed by atoms with Crippen LogP contribution >= 0.6 is 12.4 Å². The van der Waals surface area contributed by atoms with Crippen LogP contribution in [0.3, 0.4) is 0 Å². The van der Waals surface area contributed by atoms with E-state index in [1.54, 1.807) is 6.20 Å². The lowest BCUT2D eigenvalue weighted by Gasteiger charge is -2.36. The third-order valence-electron chi connectivity index (χ3n) is 4.69. The number of halogens is 1. The number of nitrogens with one attached hydrogen (secondary N) is 2. The van der Waals surface area contributed by atoms with Gasteiger partial charge in [0.1, 0.15) is 5.54 Å². The number of piperidine rings is 1. The van der Waals surface area contributed by atoms with Gasteiger partial charge < -0.3 is 10.6 Å². The SMILES string of the molecule is CCCC1CC1NC(=O)C1(n2cccn2)CCNCC1.Cl. The maximum atomic E-state index is 12.8. The van der Waals surface area contributed by atoms with Gasteiger partial charge in [-0.15, -0.1) is 12.4 Å². The molecular weight excluding hydrogens is 288 g/mol. The maximum absolute atomic E-state index is 12.8. The summed E-state index contributed by atoms with van der Waals surface area (Å²) in [6.07, 6.45) is 8.87. The van der Waals surface area contributed by atoms with E-state index >= 15 is 0 Å². The summed E-state index contributed by atoms with van der Waals surface area (Å²) in [7, 11) is 0. The van der Waals surface area contributed by atoms with Crippen molar-refractivity contribution in [1.82, 2.24) is 20.4 Å². The molecule has 21 heavy (non-hydrogen) atoms. The number of carbonyl (C=O) groups excluding carboxylic acids is 1. The molecule has 0 radical (unpaired) electrons. The van der Waals surface area contributed by atoms with Gasteiger partial charge in [0.2, 0.25) is 5.91 Å². The molecule has 1 amide bonds.